The Morgan fingerprint density at radius 3 is 2.45 bits per heavy atom. The molecule has 0 unspecified atom stereocenters. The van der Waals surface area contributed by atoms with Crippen LogP contribution in [0.4, 0.5) is 0 Å². The Bertz CT molecular complexity index is 123. The molecule has 11 heavy (non-hydrogen) atoms. The lowest BCUT2D eigenvalue weighted by Crippen LogP contribution is -2.45. The zero-order chi connectivity index (χ0) is 8.16. The fourth-order valence-corrected chi connectivity index (χ4v) is 2.25. The first-order valence-electron chi connectivity index (χ1n) is 4.79. The van der Waals surface area contributed by atoms with Crippen LogP contribution in [0.1, 0.15) is 26.2 Å². The van der Waals surface area contributed by atoms with Crippen molar-refractivity contribution < 1.29 is 4.48 Å². The molecule has 1 heteroatoms. The lowest BCUT2D eigenvalue weighted by Gasteiger charge is -2.32. The van der Waals surface area contributed by atoms with Crippen molar-refractivity contribution in [3.8, 4) is 0 Å². The summed E-state index contributed by atoms with van der Waals surface area (Å²) in [4.78, 5) is 0. The Kier molecular flexibility index (Phi) is 3.13. The zero-order valence-corrected chi connectivity index (χ0v) is 7.68. The van der Waals surface area contributed by atoms with Gasteiger partial charge in [0.05, 0.1) is 26.2 Å². The van der Waals surface area contributed by atoms with Crippen molar-refractivity contribution in [3.05, 3.63) is 12.7 Å². The van der Waals surface area contributed by atoms with Gasteiger partial charge in [-0.25, -0.2) is 0 Å². The topological polar surface area (TPSA) is 0 Å². The number of hydrogen-bond acceptors (Lipinski definition) is 0. The van der Waals surface area contributed by atoms with E-state index in [1.165, 1.54) is 49.9 Å². The second-order valence-corrected chi connectivity index (χ2v) is 3.69. The van der Waals surface area contributed by atoms with Crippen molar-refractivity contribution in [2.45, 2.75) is 26.2 Å². The van der Waals surface area contributed by atoms with Crippen molar-refractivity contribution in [2.24, 2.45) is 0 Å². The van der Waals surface area contributed by atoms with Gasteiger partial charge < -0.3 is 4.48 Å². The van der Waals surface area contributed by atoms with E-state index in [2.05, 4.69) is 19.6 Å². The summed E-state index contributed by atoms with van der Waals surface area (Å²) in [5, 5.41) is 0. The average molecular weight is 154 g/mol. The van der Waals surface area contributed by atoms with Crippen LogP contribution in [0.3, 0.4) is 0 Å². The van der Waals surface area contributed by atoms with E-state index in [0.717, 1.165) is 0 Å². The van der Waals surface area contributed by atoms with E-state index >= 15 is 0 Å². The van der Waals surface area contributed by atoms with Crippen LogP contribution in [0.5, 0.6) is 0 Å². The quantitative estimate of drug-likeness (QED) is 0.430. The highest BCUT2D eigenvalue weighted by Gasteiger charge is 2.28. The fourth-order valence-electron chi connectivity index (χ4n) is 2.25. The minimum Gasteiger partial charge on any atom is -0.320 e. The van der Waals surface area contributed by atoms with Gasteiger partial charge in [0.25, 0.3) is 0 Å². The average Bonchev–Trinajstić information content (AvgIpc) is 2.39. The van der Waals surface area contributed by atoms with Crippen LogP contribution < -0.4 is 0 Å². The van der Waals surface area contributed by atoms with Crippen molar-refractivity contribution in [2.75, 3.05) is 26.2 Å². The van der Waals surface area contributed by atoms with E-state index in [1.807, 2.05) is 0 Å². The Hall–Kier alpha value is -0.300. The lowest BCUT2D eigenvalue weighted by molar-refractivity contribution is -0.911. The predicted octanol–water partition coefficient (Wildman–Crippen LogP) is 2.19. The molecule has 64 valence electrons. The van der Waals surface area contributed by atoms with Crippen molar-refractivity contribution >= 4 is 0 Å². The van der Waals surface area contributed by atoms with Crippen molar-refractivity contribution in [3.63, 3.8) is 0 Å². The number of likely N-dealkylation sites (tertiary alicyclic amines) is 1. The molecule has 1 fully saturated rings. The fraction of sp³-hybridized carbons (Fsp3) is 0.800. The van der Waals surface area contributed by atoms with Crippen LogP contribution in [0, 0.1) is 0 Å². The van der Waals surface area contributed by atoms with Gasteiger partial charge in [-0.1, -0.05) is 13.5 Å². The molecule has 0 aromatic rings. The van der Waals surface area contributed by atoms with Crippen molar-refractivity contribution in [1.82, 2.24) is 0 Å². The maximum atomic E-state index is 3.84. The highest BCUT2D eigenvalue weighted by Crippen LogP contribution is 2.19. The Balaban J connectivity index is 2.46. The summed E-state index contributed by atoms with van der Waals surface area (Å²) < 4.78 is 1.32. The molecular weight excluding hydrogens is 134 g/mol. The number of quaternary nitrogens is 1. The summed E-state index contributed by atoms with van der Waals surface area (Å²) in [5.74, 6) is 0. The van der Waals surface area contributed by atoms with Gasteiger partial charge in [-0.05, 0) is 12.5 Å². The molecule has 0 atom stereocenters. The molecule has 0 aliphatic carbocycles. The van der Waals surface area contributed by atoms with Gasteiger partial charge in [0.1, 0.15) is 0 Å². The van der Waals surface area contributed by atoms with Crippen LogP contribution in [0.25, 0.3) is 0 Å². The second kappa shape index (κ2) is 3.91. The highest BCUT2D eigenvalue weighted by molar-refractivity contribution is 4.68. The third-order valence-electron chi connectivity index (χ3n) is 2.73. The molecule has 0 aromatic heterocycles. The van der Waals surface area contributed by atoms with Crippen LogP contribution in [-0.4, -0.2) is 30.7 Å². The first kappa shape index (κ1) is 8.79. The highest BCUT2D eigenvalue weighted by atomic mass is 15.4. The van der Waals surface area contributed by atoms with Crippen LogP contribution in [0.15, 0.2) is 12.7 Å². The summed E-state index contributed by atoms with van der Waals surface area (Å²) in [6.45, 7) is 11.4. The minimum absolute atomic E-state index is 1.19. The van der Waals surface area contributed by atoms with Gasteiger partial charge in [0, 0.05) is 12.8 Å². The van der Waals surface area contributed by atoms with Crippen LogP contribution in [0.2, 0.25) is 0 Å². The predicted molar refractivity (Wildman–Crippen MR) is 49.5 cm³/mol. The molecule has 1 nitrogen and oxygen atoms in total. The van der Waals surface area contributed by atoms with E-state index in [1.54, 1.807) is 0 Å². The minimum atomic E-state index is 1.19. The van der Waals surface area contributed by atoms with Crippen LogP contribution >= 0.6 is 0 Å². The molecule has 0 aromatic carbocycles. The van der Waals surface area contributed by atoms with Gasteiger partial charge >= 0.3 is 0 Å². The van der Waals surface area contributed by atoms with E-state index < -0.39 is 0 Å². The van der Waals surface area contributed by atoms with Gasteiger partial charge in [-0.15, -0.1) is 0 Å². The van der Waals surface area contributed by atoms with Gasteiger partial charge in [-0.3, -0.25) is 0 Å². The van der Waals surface area contributed by atoms with Gasteiger partial charge in [0.15, 0.2) is 0 Å². The maximum absolute atomic E-state index is 3.84. The first-order valence-corrected chi connectivity index (χ1v) is 4.79. The van der Waals surface area contributed by atoms with Gasteiger partial charge in [0.2, 0.25) is 0 Å². The molecule has 1 saturated heterocycles. The largest absolute Gasteiger partial charge is 0.320 e. The smallest absolute Gasteiger partial charge is 0.0971 e. The van der Waals surface area contributed by atoms with Crippen molar-refractivity contribution in [1.29, 1.82) is 0 Å². The maximum Gasteiger partial charge on any atom is 0.0971 e. The molecule has 1 aliphatic rings. The molecule has 0 bridgehead atoms. The standard InChI is InChI=1S/C10H20N/c1-3-7-11(8-4-2)9-5-6-10-11/h3H,1,4-10H2,2H3/q+1. The molecule has 0 amide bonds. The second-order valence-electron chi connectivity index (χ2n) is 3.69. The summed E-state index contributed by atoms with van der Waals surface area (Å²) in [7, 11) is 0. The summed E-state index contributed by atoms with van der Waals surface area (Å²) in [6, 6.07) is 0. The number of rotatable bonds is 4. The SMILES string of the molecule is C=CC[N+]1(CCC)CCCC1. The molecule has 0 spiro atoms. The summed E-state index contributed by atoms with van der Waals surface area (Å²) in [5.41, 5.74) is 0. The third kappa shape index (κ3) is 2.06. The third-order valence-corrected chi connectivity index (χ3v) is 2.73. The van der Waals surface area contributed by atoms with E-state index in [-0.39, 0.29) is 0 Å². The molecule has 0 saturated carbocycles. The molecule has 1 aliphatic heterocycles. The summed E-state index contributed by atoms with van der Waals surface area (Å²) >= 11 is 0. The monoisotopic (exact) mass is 154 g/mol. The molecular formula is C10H20N+. The molecule has 1 heterocycles. The number of hydrogen-bond donors (Lipinski definition) is 0. The normalized spacial score (nSPS) is 21.9. The van der Waals surface area contributed by atoms with E-state index in [9.17, 15) is 0 Å². The molecule has 0 radical (unpaired) electrons. The number of nitrogens with zero attached hydrogens (tertiary/aromatic N) is 1. The zero-order valence-electron chi connectivity index (χ0n) is 7.68. The van der Waals surface area contributed by atoms with E-state index in [0.29, 0.717) is 0 Å². The lowest BCUT2D eigenvalue weighted by atomic mass is 10.3. The molecule has 0 N–H and O–H groups in total. The Morgan fingerprint density at radius 1 is 1.36 bits per heavy atom. The van der Waals surface area contributed by atoms with E-state index in [4.69, 9.17) is 0 Å². The Morgan fingerprint density at radius 2 is 2.00 bits per heavy atom. The Labute approximate surface area is 70.3 Å². The van der Waals surface area contributed by atoms with Crippen LogP contribution in [-0.2, 0) is 0 Å². The summed E-state index contributed by atoms with van der Waals surface area (Å²) in [6.07, 6.45) is 6.25. The first-order chi connectivity index (χ1) is 5.33. The molecule has 1 rings (SSSR count). The van der Waals surface area contributed by atoms with Gasteiger partial charge in [-0.2, -0.15) is 0 Å².